The van der Waals surface area contributed by atoms with Gasteiger partial charge in [0, 0.05) is 19.3 Å². The molecule has 0 spiro atoms. The Kier molecular flexibility index (Phi) is 48.2. The highest BCUT2D eigenvalue weighted by atomic mass is 16.7. The van der Waals surface area contributed by atoms with E-state index in [0.29, 0.717) is 19.3 Å². The Morgan fingerprint density at radius 2 is 0.813 bits per heavy atom. The summed E-state index contributed by atoms with van der Waals surface area (Å²) < 4.78 is 28.4. The number of carboxylic acids is 1. The summed E-state index contributed by atoms with van der Waals surface area (Å²) in [4.78, 5) is 51.1. The number of carboxylic acid groups (broad SMARTS) is 1. The third kappa shape index (κ3) is 41.7. The van der Waals surface area contributed by atoms with Crippen molar-refractivity contribution >= 4 is 23.9 Å². The molecule has 0 aromatic heterocycles. The monoisotopic (exact) mass is 1060 g/mol. The lowest BCUT2D eigenvalue weighted by molar-refractivity contribution is -0.301. The third-order valence-electron chi connectivity index (χ3n) is 14.2. The van der Waals surface area contributed by atoms with E-state index in [0.717, 1.165) is 89.9 Å². The van der Waals surface area contributed by atoms with Gasteiger partial charge in [-0.1, -0.05) is 237 Å². The maximum Gasteiger partial charge on any atom is 0.335 e. The van der Waals surface area contributed by atoms with E-state index < -0.39 is 67.3 Å². The molecule has 12 nitrogen and oxygen atoms in total. The van der Waals surface area contributed by atoms with Crippen LogP contribution in [-0.4, -0.2) is 89.2 Å². The van der Waals surface area contributed by atoms with Crippen molar-refractivity contribution in [2.75, 3.05) is 13.2 Å². The Balaban J connectivity index is 2.63. The van der Waals surface area contributed by atoms with E-state index in [1.807, 2.05) is 0 Å². The van der Waals surface area contributed by atoms with E-state index in [1.165, 1.54) is 141 Å². The van der Waals surface area contributed by atoms with Crippen LogP contribution in [0.3, 0.4) is 0 Å². The van der Waals surface area contributed by atoms with Crippen LogP contribution in [0.5, 0.6) is 0 Å². The minimum atomic E-state index is -1.90. The summed E-state index contributed by atoms with van der Waals surface area (Å²) in [5.41, 5.74) is 0. The molecule has 1 aliphatic rings. The molecule has 1 saturated heterocycles. The van der Waals surface area contributed by atoms with Crippen molar-refractivity contribution in [3.8, 4) is 0 Å². The van der Waals surface area contributed by atoms with E-state index >= 15 is 0 Å². The lowest BCUT2D eigenvalue weighted by Crippen LogP contribution is -2.61. The lowest BCUT2D eigenvalue weighted by Gasteiger charge is -2.40. The molecule has 3 N–H and O–H groups in total. The minimum Gasteiger partial charge on any atom is -0.479 e. The number of ether oxygens (including phenoxy) is 5. The Morgan fingerprint density at radius 3 is 1.28 bits per heavy atom. The molecular formula is C63H112O12. The first kappa shape index (κ1) is 70.0. The number of hydrogen-bond acceptors (Lipinski definition) is 11. The number of carbonyl (C=O) groups excluding carboxylic acids is 3. The Morgan fingerprint density at radius 1 is 0.440 bits per heavy atom. The van der Waals surface area contributed by atoms with E-state index in [9.17, 15) is 34.5 Å². The van der Waals surface area contributed by atoms with Crippen LogP contribution < -0.4 is 0 Å². The van der Waals surface area contributed by atoms with Crippen LogP contribution in [0.1, 0.15) is 290 Å². The van der Waals surface area contributed by atoms with Crippen LogP contribution in [0.15, 0.2) is 36.5 Å². The number of allylic oxidation sites excluding steroid dienone is 6. The molecule has 436 valence electrons. The fraction of sp³-hybridized carbons (Fsp3) is 0.841. The van der Waals surface area contributed by atoms with Gasteiger partial charge >= 0.3 is 23.9 Å². The topological polar surface area (TPSA) is 175 Å². The summed E-state index contributed by atoms with van der Waals surface area (Å²) in [5, 5.41) is 31.5. The maximum atomic E-state index is 13.1. The van der Waals surface area contributed by atoms with Gasteiger partial charge in [0.2, 0.25) is 0 Å². The molecule has 0 radical (unpaired) electrons. The summed E-state index contributed by atoms with van der Waals surface area (Å²) in [6, 6.07) is 0. The molecule has 0 amide bonds. The molecule has 1 aliphatic heterocycles. The zero-order valence-corrected chi connectivity index (χ0v) is 48.1. The van der Waals surface area contributed by atoms with Crippen LogP contribution >= 0.6 is 0 Å². The number of aliphatic carboxylic acids is 1. The number of unbranched alkanes of at least 4 members (excludes halogenated alkanes) is 33. The van der Waals surface area contributed by atoms with E-state index in [1.54, 1.807) is 0 Å². The predicted octanol–water partition coefficient (Wildman–Crippen LogP) is 16.0. The average Bonchev–Trinajstić information content (AvgIpc) is 3.39. The van der Waals surface area contributed by atoms with Crippen molar-refractivity contribution in [1.29, 1.82) is 0 Å². The second-order valence-electron chi connectivity index (χ2n) is 21.3. The molecule has 75 heavy (non-hydrogen) atoms. The molecule has 0 saturated carbocycles. The quantitative estimate of drug-likeness (QED) is 0.0228. The van der Waals surface area contributed by atoms with E-state index in [4.69, 9.17) is 23.7 Å². The third-order valence-corrected chi connectivity index (χ3v) is 14.2. The van der Waals surface area contributed by atoms with Crippen LogP contribution in [-0.2, 0) is 42.9 Å². The first-order valence-corrected chi connectivity index (χ1v) is 31.0. The summed E-state index contributed by atoms with van der Waals surface area (Å²) in [7, 11) is 0. The van der Waals surface area contributed by atoms with Gasteiger partial charge in [-0.05, 0) is 70.6 Å². The number of esters is 3. The van der Waals surface area contributed by atoms with Crippen LogP contribution in [0.2, 0.25) is 0 Å². The maximum absolute atomic E-state index is 13.1. The smallest absolute Gasteiger partial charge is 0.335 e. The molecule has 0 bridgehead atoms. The number of hydrogen-bond donors (Lipinski definition) is 3. The SMILES string of the molecule is CCCC/C=C\CCCCCCCC(=O)OC(COC(=O)CCCCCCCCCCC/C=C\C/C=C\CCCCC)COC1OC(C(=O)O)C(O)C(O)C1OC(=O)CCCCCCCCCCCCCCCCC. The molecule has 0 aromatic rings. The number of aliphatic hydroxyl groups excluding tert-OH is 2. The summed E-state index contributed by atoms with van der Waals surface area (Å²) in [6.07, 6.45) is 48.3. The van der Waals surface area contributed by atoms with Crippen LogP contribution in [0, 0.1) is 0 Å². The van der Waals surface area contributed by atoms with E-state index in [-0.39, 0.29) is 25.9 Å². The molecule has 0 aliphatic carbocycles. The van der Waals surface area contributed by atoms with Crippen molar-refractivity contribution in [1.82, 2.24) is 0 Å². The molecule has 6 unspecified atom stereocenters. The van der Waals surface area contributed by atoms with Crippen molar-refractivity contribution < 1.29 is 58.2 Å². The molecule has 0 aromatic carbocycles. The van der Waals surface area contributed by atoms with Gasteiger partial charge in [0.15, 0.2) is 24.6 Å². The molecule has 1 heterocycles. The van der Waals surface area contributed by atoms with Gasteiger partial charge in [-0.3, -0.25) is 14.4 Å². The summed E-state index contributed by atoms with van der Waals surface area (Å²) in [5.74, 6) is -3.11. The normalized spacial score (nSPS) is 18.3. The predicted molar refractivity (Wildman–Crippen MR) is 303 cm³/mol. The van der Waals surface area contributed by atoms with Crippen LogP contribution in [0.25, 0.3) is 0 Å². The highest BCUT2D eigenvalue weighted by Gasteiger charge is 2.50. The van der Waals surface area contributed by atoms with Crippen molar-refractivity contribution in [2.24, 2.45) is 0 Å². The first-order valence-electron chi connectivity index (χ1n) is 31.0. The Hall–Kier alpha value is -3.06. The first-order chi connectivity index (χ1) is 36.6. The summed E-state index contributed by atoms with van der Waals surface area (Å²) in [6.45, 7) is 5.95. The van der Waals surface area contributed by atoms with Gasteiger partial charge in [0.05, 0.1) is 6.61 Å². The summed E-state index contributed by atoms with van der Waals surface area (Å²) >= 11 is 0. The number of aliphatic hydroxyl groups is 2. The van der Waals surface area contributed by atoms with Gasteiger partial charge < -0.3 is 39.0 Å². The van der Waals surface area contributed by atoms with Crippen LogP contribution in [0.4, 0.5) is 0 Å². The van der Waals surface area contributed by atoms with E-state index in [2.05, 4.69) is 57.2 Å². The molecule has 6 atom stereocenters. The van der Waals surface area contributed by atoms with Crippen molar-refractivity contribution in [3.63, 3.8) is 0 Å². The molecular weight excluding hydrogens is 949 g/mol. The minimum absolute atomic E-state index is 0.0647. The fourth-order valence-electron chi connectivity index (χ4n) is 9.38. The standard InChI is InChI=1S/C63H112O12/c1-4-7-10-13-16-19-22-24-26-27-28-29-31-32-35-37-40-43-46-49-55(64)71-52-54(73-56(65)50-47-44-41-38-34-21-18-15-12-9-6-3)53-72-63-61(59(68)58(67)60(75-63)62(69)70)74-57(66)51-48-45-42-39-36-33-30-25-23-20-17-14-11-8-5-2/h15-16,18-19,24,26,54,58-61,63,67-68H,4-14,17,20-23,25,27-53H2,1-3H3,(H,69,70)/b18-15-,19-16-,26-24-. The fourth-order valence-corrected chi connectivity index (χ4v) is 9.38. The Labute approximate surface area is 457 Å². The highest BCUT2D eigenvalue weighted by Crippen LogP contribution is 2.27. The highest BCUT2D eigenvalue weighted by molar-refractivity contribution is 5.74. The average molecular weight is 1060 g/mol. The van der Waals surface area contributed by atoms with Gasteiger partial charge in [-0.25, -0.2) is 4.79 Å². The zero-order valence-electron chi connectivity index (χ0n) is 48.1. The van der Waals surface area contributed by atoms with Gasteiger partial charge in [0.25, 0.3) is 0 Å². The van der Waals surface area contributed by atoms with Crippen molar-refractivity contribution in [2.45, 2.75) is 327 Å². The Bertz CT molecular complexity index is 1450. The second-order valence-corrected chi connectivity index (χ2v) is 21.3. The number of rotatable bonds is 53. The van der Waals surface area contributed by atoms with Gasteiger partial charge in [0.1, 0.15) is 18.8 Å². The van der Waals surface area contributed by atoms with Gasteiger partial charge in [-0.2, -0.15) is 0 Å². The molecule has 1 rings (SSSR count). The lowest BCUT2D eigenvalue weighted by atomic mass is 9.98. The van der Waals surface area contributed by atoms with Gasteiger partial charge in [-0.15, -0.1) is 0 Å². The molecule has 1 fully saturated rings. The molecule has 12 heteroatoms. The zero-order chi connectivity index (χ0) is 54.7. The second kappa shape index (κ2) is 51.7. The number of carbonyl (C=O) groups is 4. The largest absolute Gasteiger partial charge is 0.479 e. The van der Waals surface area contributed by atoms with Crippen molar-refractivity contribution in [3.05, 3.63) is 36.5 Å².